The topological polar surface area (TPSA) is 3.24 Å². The number of unbranched alkanes of at least 4 members (excludes halogenated alkanes) is 18. The van der Waals surface area contributed by atoms with Gasteiger partial charge in [-0.1, -0.05) is 164 Å². The van der Waals surface area contributed by atoms with Gasteiger partial charge in [0.1, 0.15) is 0 Å². The van der Waals surface area contributed by atoms with Gasteiger partial charge in [-0.15, -0.1) is 0 Å². The normalized spacial score (nSPS) is 11.3. The van der Waals surface area contributed by atoms with E-state index in [0.717, 1.165) is 18.8 Å². The zero-order valence-electron chi connectivity index (χ0n) is 22.3. The van der Waals surface area contributed by atoms with Crippen molar-refractivity contribution in [2.45, 2.75) is 142 Å². The third kappa shape index (κ3) is 15.1. The van der Waals surface area contributed by atoms with E-state index in [1.807, 2.05) is 12.1 Å². The number of halogens is 3. The lowest BCUT2D eigenvalue weighted by Crippen LogP contribution is -2.26. The summed E-state index contributed by atoms with van der Waals surface area (Å²) in [6, 6.07) is 3.93. The second-order valence-corrected chi connectivity index (χ2v) is 11.2. The highest BCUT2D eigenvalue weighted by molar-refractivity contribution is 6.49. The van der Waals surface area contributed by atoms with Gasteiger partial charge in [-0.3, -0.25) is 0 Å². The number of benzene rings is 1. The fourth-order valence-corrected chi connectivity index (χ4v) is 5.34. The van der Waals surface area contributed by atoms with Crippen molar-refractivity contribution in [1.29, 1.82) is 0 Å². The molecule has 0 saturated heterocycles. The van der Waals surface area contributed by atoms with E-state index in [2.05, 4.69) is 18.7 Å². The van der Waals surface area contributed by atoms with E-state index in [4.69, 9.17) is 34.8 Å². The molecule has 0 radical (unpaired) electrons. The molecule has 0 heterocycles. The predicted octanol–water partition coefficient (Wildman–Crippen LogP) is 12.3. The van der Waals surface area contributed by atoms with Gasteiger partial charge in [0.05, 0.1) is 20.8 Å². The van der Waals surface area contributed by atoms with Crippen LogP contribution in [-0.4, -0.2) is 13.1 Å². The molecule has 1 aromatic carbocycles. The number of rotatable bonds is 23. The van der Waals surface area contributed by atoms with Crippen molar-refractivity contribution in [1.82, 2.24) is 0 Å². The standard InChI is InChI=1S/C30H52Cl3N/c1-3-5-7-9-11-13-15-17-19-21-25-34(28-24-23-27(31)29(32)30(28)33)26-22-20-18-16-14-12-10-8-6-4-2/h23-24H,3-22,25-26H2,1-2H3. The van der Waals surface area contributed by atoms with Gasteiger partial charge in [-0.05, 0) is 25.0 Å². The van der Waals surface area contributed by atoms with E-state index >= 15 is 0 Å². The summed E-state index contributed by atoms with van der Waals surface area (Å²) in [4.78, 5) is 2.44. The van der Waals surface area contributed by atoms with Crippen LogP contribution in [0.2, 0.25) is 15.1 Å². The highest BCUT2D eigenvalue weighted by atomic mass is 35.5. The molecule has 1 aromatic rings. The smallest absolute Gasteiger partial charge is 0.0840 e. The molecular formula is C30H52Cl3N. The van der Waals surface area contributed by atoms with E-state index in [1.54, 1.807) is 0 Å². The summed E-state index contributed by atoms with van der Waals surface area (Å²) in [5.41, 5.74) is 1.04. The third-order valence-electron chi connectivity index (χ3n) is 6.92. The van der Waals surface area contributed by atoms with Gasteiger partial charge >= 0.3 is 0 Å². The molecule has 0 atom stereocenters. The van der Waals surface area contributed by atoms with Gasteiger partial charge < -0.3 is 4.90 Å². The summed E-state index contributed by atoms with van der Waals surface area (Å²) in [7, 11) is 0. The maximum atomic E-state index is 6.60. The number of anilines is 1. The van der Waals surface area contributed by atoms with Crippen LogP contribution in [0.4, 0.5) is 5.69 Å². The van der Waals surface area contributed by atoms with E-state index in [9.17, 15) is 0 Å². The molecular weight excluding hydrogens is 481 g/mol. The Labute approximate surface area is 227 Å². The zero-order valence-corrected chi connectivity index (χ0v) is 24.6. The first-order valence-electron chi connectivity index (χ1n) is 14.5. The van der Waals surface area contributed by atoms with E-state index in [0.29, 0.717) is 15.1 Å². The first-order chi connectivity index (χ1) is 16.6. The molecule has 0 amide bonds. The first-order valence-corrected chi connectivity index (χ1v) is 15.6. The van der Waals surface area contributed by atoms with Gasteiger partial charge in [0, 0.05) is 13.1 Å². The quantitative estimate of drug-likeness (QED) is 0.1000. The second-order valence-electron chi connectivity index (χ2n) is 10.0. The van der Waals surface area contributed by atoms with Crippen molar-refractivity contribution >= 4 is 40.5 Å². The molecule has 0 bridgehead atoms. The zero-order chi connectivity index (χ0) is 24.9. The van der Waals surface area contributed by atoms with Crippen LogP contribution in [0, 0.1) is 0 Å². The highest BCUT2D eigenvalue weighted by Crippen LogP contribution is 2.38. The number of hydrogen-bond acceptors (Lipinski definition) is 1. The van der Waals surface area contributed by atoms with E-state index < -0.39 is 0 Å². The predicted molar refractivity (Wildman–Crippen MR) is 157 cm³/mol. The van der Waals surface area contributed by atoms with Crippen molar-refractivity contribution in [3.63, 3.8) is 0 Å². The minimum Gasteiger partial charge on any atom is -0.370 e. The molecule has 0 aliphatic rings. The Morgan fingerprint density at radius 2 is 0.824 bits per heavy atom. The summed E-state index contributed by atoms with van der Waals surface area (Å²) in [6.45, 7) is 6.66. The Morgan fingerprint density at radius 1 is 0.471 bits per heavy atom. The summed E-state index contributed by atoms with van der Waals surface area (Å²) < 4.78 is 0. The van der Waals surface area contributed by atoms with E-state index in [-0.39, 0.29) is 0 Å². The second kappa shape index (κ2) is 22.1. The van der Waals surface area contributed by atoms with Crippen LogP contribution in [-0.2, 0) is 0 Å². The minimum absolute atomic E-state index is 0.483. The van der Waals surface area contributed by atoms with Gasteiger partial charge in [-0.25, -0.2) is 0 Å². The van der Waals surface area contributed by atoms with Crippen LogP contribution in [0.1, 0.15) is 142 Å². The van der Waals surface area contributed by atoms with Gasteiger partial charge in [0.15, 0.2) is 0 Å². The highest BCUT2D eigenvalue weighted by Gasteiger charge is 2.14. The summed E-state index contributed by atoms with van der Waals surface area (Å²) in [5, 5.41) is 1.62. The maximum absolute atomic E-state index is 6.60. The Kier molecular flexibility index (Phi) is 20.8. The molecule has 1 rings (SSSR count). The van der Waals surface area contributed by atoms with Gasteiger partial charge in [-0.2, -0.15) is 0 Å². The molecule has 0 aliphatic carbocycles. The summed E-state index contributed by atoms with van der Waals surface area (Å²) in [6.07, 6.45) is 27.1. The Bertz CT molecular complexity index is 581. The summed E-state index contributed by atoms with van der Waals surface area (Å²) >= 11 is 19.2. The number of nitrogens with zero attached hydrogens (tertiary/aromatic N) is 1. The molecule has 198 valence electrons. The van der Waals surface area contributed by atoms with Gasteiger partial charge in [0.25, 0.3) is 0 Å². The largest absolute Gasteiger partial charge is 0.370 e. The van der Waals surface area contributed by atoms with Crippen LogP contribution in [0.5, 0.6) is 0 Å². The molecule has 1 nitrogen and oxygen atoms in total. The average molecular weight is 533 g/mol. The number of hydrogen-bond donors (Lipinski definition) is 0. The fraction of sp³-hybridized carbons (Fsp3) is 0.800. The average Bonchev–Trinajstić information content (AvgIpc) is 2.84. The molecule has 0 N–H and O–H groups in total. The minimum atomic E-state index is 0.483. The molecule has 0 saturated carbocycles. The van der Waals surface area contributed by atoms with Gasteiger partial charge in [0.2, 0.25) is 0 Å². The van der Waals surface area contributed by atoms with Crippen molar-refractivity contribution in [2.24, 2.45) is 0 Å². The summed E-state index contributed by atoms with van der Waals surface area (Å²) in [5.74, 6) is 0. The Morgan fingerprint density at radius 3 is 1.21 bits per heavy atom. The van der Waals surface area contributed by atoms with Crippen molar-refractivity contribution < 1.29 is 0 Å². The third-order valence-corrected chi connectivity index (χ3v) is 8.20. The first kappa shape index (κ1) is 31.9. The molecule has 34 heavy (non-hydrogen) atoms. The van der Waals surface area contributed by atoms with Crippen LogP contribution in [0.3, 0.4) is 0 Å². The van der Waals surface area contributed by atoms with Crippen LogP contribution in [0.25, 0.3) is 0 Å². The van der Waals surface area contributed by atoms with E-state index in [1.165, 1.54) is 128 Å². The monoisotopic (exact) mass is 531 g/mol. The SMILES string of the molecule is CCCCCCCCCCCCN(CCCCCCCCCCCC)c1ccc(Cl)c(Cl)c1Cl. The molecule has 0 spiro atoms. The Balaban J connectivity index is 2.33. The van der Waals surface area contributed by atoms with Crippen LogP contribution in [0.15, 0.2) is 12.1 Å². The van der Waals surface area contributed by atoms with Crippen molar-refractivity contribution in [3.05, 3.63) is 27.2 Å². The molecule has 0 aromatic heterocycles. The Hall–Kier alpha value is -0.110. The van der Waals surface area contributed by atoms with Crippen LogP contribution >= 0.6 is 34.8 Å². The van der Waals surface area contributed by atoms with Crippen molar-refractivity contribution in [3.8, 4) is 0 Å². The van der Waals surface area contributed by atoms with Crippen LogP contribution < -0.4 is 4.90 Å². The lowest BCUT2D eigenvalue weighted by Gasteiger charge is -2.26. The molecule has 0 unspecified atom stereocenters. The maximum Gasteiger partial charge on any atom is 0.0840 e. The molecule has 0 fully saturated rings. The lowest BCUT2D eigenvalue weighted by atomic mass is 10.1. The molecule has 0 aliphatic heterocycles. The van der Waals surface area contributed by atoms with Crippen molar-refractivity contribution in [2.75, 3.05) is 18.0 Å². The molecule has 4 heteroatoms. The fourth-order valence-electron chi connectivity index (χ4n) is 4.69. The lowest BCUT2D eigenvalue weighted by molar-refractivity contribution is 0.543.